The van der Waals surface area contributed by atoms with Crippen molar-refractivity contribution in [2.24, 2.45) is 0 Å². The molecule has 0 amide bonds. The average Bonchev–Trinajstić information content (AvgIpc) is 2.92. The van der Waals surface area contributed by atoms with Gasteiger partial charge in [0.25, 0.3) is 0 Å². The SMILES string of the molecule is CCc1cccnc1C(Cc1cnn(CC)c1)NC. The summed E-state index contributed by atoms with van der Waals surface area (Å²) >= 11 is 0. The summed E-state index contributed by atoms with van der Waals surface area (Å²) in [6.45, 7) is 5.18. The molecule has 4 nitrogen and oxygen atoms in total. The third kappa shape index (κ3) is 3.20. The minimum absolute atomic E-state index is 0.241. The molecule has 2 rings (SSSR count). The van der Waals surface area contributed by atoms with Crippen molar-refractivity contribution in [3.8, 4) is 0 Å². The molecule has 102 valence electrons. The van der Waals surface area contributed by atoms with Gasteiger partial charge in [0.1, 0.15) is 0 Å². The van der Waals surface area contributed by atoms with E-state index in [2.05, 4.69) is 41.5 Å². The van der Waals surface area contributed by atoms with Crippen LogP contribution < -0.4 is 5.32 Å². The van der Waals surface area contributed by atoms with Crippen molar-refractivity contribution >= 4 is 0 Å². The van der Waals surface area contributed by atoms with Gasteiger partial charge in [0.15, 0.2) is 0 Å². The van der Waals surface area contributed by atoms with E-state index < -0.39 is 0 Å². The summed E-state index contributed by atoms with van der Waals surface area (Å²) in [5.41, 5.74) is 3.70. The molecule has 0 radical (unpaired) electrons. The molecule has 0 aliphatic heterocycles. The van der Waals surface area contributed by atoms with Gasteiger partial charge in [0.2, 0.25) is 0 Å². The van der Waals surface area contributed by atoms with Crippen molar-refractivity contribution in [1.82, 2.24) is 20.1 Å². The lowest BCUT2D eigenvalue weighted by Crippen LogP contribution is -2.21. The highest BCUT2D eigenvalue weighted by molar-refractivity contribution is 5.24. The number of hydrogen-bond acceptors (Lipinski definition) is 3. The Morgan fingerprint density at radius 2 is 2.21 bits per heavy atom. The van der Waals surface area contributed by atoms with E-state index in [0.29, 0.717) is 0 Å². The second kappa shape index (κ2) is 6.48. The zero-order valence-corrected chi connectivity index (χ0v) is 11.9. The maximum absolute atomic E-state index is 4.55. The smallest absolute Gasteiger partial charge is 0.0608 e. The van der Waals surface area contributed by atoms with Gasteiger partial charge >= 0.3 is 0 Å². The summed E-state index contributed by atoms with van der Waals surface area (Å²) < 4.78 is 1.96. The van der Waals surface area contributed by atoms with Gasteiger partial charge in [0, 0.05) is 18.9 Å². The van der Waals surface area contributed by atoms with Crippen molar-refractivity contribution in [3.63, 3.8) is 0 Å². The van der Waals surface area contributed by atoms with Crippen LogP contribution in [0.3, 0.4) is 0 Å². The van der Waals surface area contributed by atoms with Crippen LogP contribution in [0.5, 0.6) is 0 Å². The van der Waals surface area contributed by atoms with E-state index in [9.17, 15) is 0 Å². The molecule has 0 aliphatic rings. The Morgan fingerprint density at radius 1 is 1.37 bits per heavy atom. The first-order valence-corrected chi connectivity index (χ1v) is 6.90. The van der Waals surface area contributed by atoms with E-state index in [1.54, 1.807) is 0 Å². The lowest BCUT2D eigenvalue weighted by molar-refractivity contribution is 0.569. The Morgan fingerprint density at radius 3 is 2.84 bits per heavy atom. The summed E-state index contributed by atoms with van der Waals surface area (Å²) in [4.78, 5) is 4.55. The molecule has 0 saturated carbocycles. The van der Waals surface area contributed by atoms with Gasteiger partial charge in [-0.15, -0.1) is 0 Å². The molecule has 0 aliphatic carbocycles. The van der Waals surface area contributed by atoms with E-state index in [4.69, 9.17) is 0 Å². The van der Waals surface area contributed by atoms with Crippen molar-refractivity contribution in [2.45, 2.75) is 39.3 Å². The van der Waals surface area contributed by atoms with Gasteiger partial charge in [-0.25, -0.2) is 0 Å². The molecule has 4 heteroatoms. The summed E-state index contributed by atoms with van der Waals surface area (Å²) in [7, 11) is 1.99. The van der Waals surface area contributed by atoms with E-state index in [0.717, 1.165) is 25.1 Å². The Balaban J connectivity index is 2.19. The molecular weight excluding hydrogens is 236 g/mol. The number of likely N-dealkylation sites (N-methyl/N-ethyl adjacent to an activating group) is 1. The van der Waals surface area contributed by atoms with Crippen LogP contribution in [0.2, 0.25) is 0 Å². The molecule has 1 N–H and O–H groups in total. The van der Waals surface area contributed by atoms with Crippen LogP contribution in [-0.2, 0) is 19.4 Å². The normalized spacial score (nSPS) is 12.6. The third-order valence-corrected chi connectivity index (χ3v) is 3.44. The Kier molecular flexibility index (Phi) is 4.68. The quantitative estimate of drug-likeness (QED) is 0.865. The maximum Gasteiger partial charge on any atom is 0.0608 e. The Bertz CT molecular complexity index is 518. The Hall–Kier alpha value is -1.68. The number of hydrogen-bond donors (Lipinski definition) is 1. The van der Waals surface area contributed by atoms with Crippen LogP contribution in [-0.4, -0.2) is 21.8 Å². The number of aryl methyl sites for hydroxylation is 2. The fraction of sp³-hybridized carbons (Fsp3) is 0.467. The minimum Gasteiger partial charge on any atom is -0.311 e. The molecule has 0 fully saturated rings. The summed E-state index contributed by atoms with van der Waals surface area (Å²) in [6.07, 6.45) is 7.85. The van der Waals surface area contributed by atoms with Crippen molar-refractivity contribution in [2.75, 3.05) is 7.05 Å². The molecular formula is C15H22N4. The van der Waals surface area contributed by atoms with E-state index >= 15 is 0 Å². The first-order chi connectivity index (χ1) is 9.28. The summed E-state index contributed by atoms with van der Waals surface area (Å²) in [5.74, 6) is 0. The standard InChI is InChI=1S/C15H22N4/c1-4-13-7-6-8-17-15(13)14(16-3)9-12-10-18-19(5-2)11-12/h6-8,10-11,14,16H,4-5,9H2,1-3H3. The second-order valence-electron chi connectivity index (χ2n) is 4.65. The van der Waals surface area contributed by atoms with Gasteiger partial charge < -0.3 is 5.32 Å². The van der Waals surface area contributed by atoms with E-state index in [1.807, 2.05) is 30.2 Å². The highest BCUT2D eigenvalue weighted by atomic mass is 15.3. The van der Waals surface area contributed by atoms with Gasteiger partial charge in [-0.3, -0.25) is 9.67 Å². The van der Waals surface area contributed by atoms with Gasteiger partial charge in [-0.1, -0.05) is 13.0 Å². The lowest BCUT2D eigenvalue weighted by atomic mass is 10.00. The van der Waals surface area contributed by atoms with Crippen LogP contribution in [0.1, 0.15) is 36.7 Å². The average molecular weight is 258 g/mol. The largest absolute Gasteiger partial charge is 0.311 e. The number of aromatic nitrogens is 3. The molecule has 1 atom stereocenters. The highest BCUT2D eigenvalue weighted by Crippen LogP contribution is 2.20. The summed E-state index contributed by atoms with van der Waals surface area (Å²) in [6, 6.07) is 4.40. The third-order valence-electron chi connectivity index (χ3n) is 3.44. The zero-order chi connectivity index (χ0) is 13.7. The molecule has 2 aromatic rings. The molecule has 19 heavy (non-hydrogen) atoms. The maximum atomic E-state index is 4.55. The highest BCUT2D eigenvalue weighted by Gasteiger charge is 2.15. The number of pyridine rings is 1. The molecule has 1 unspecified atom stereocenters. The fourth-order valence-electron chi connectivity index (χ4n) is 2.32. The fourth-order valence-corrected chi connectivity index (χ4v) is 2.32. The van der Waals surface area contributed by atoms with Crippen LogP contribution in [0.25, 0.3) is 0 Å². The van der Waals surface area contributed by atoms with Crippen molar-refractivity contribution in [1.29, 1.82) is 0 Å². The predicted molar refractivity (Wildman–Crippen MR) is 77.0 cm³/mol. The molecule has 0 aromatic carbocycles. The molecule has 2 aromatic heterocycles. The van der Waals surface area contributed by atoms with Crippen LogP contribution in [0.4, 0.5) is 0 Å². The number of nitrogens with one attached hydrogen (secondary N) is 1. The number of rotatable bonds is 6. The van der Waals surface area contributed by atoms with E-state index in [1.165, 1.54) is 11.1 Å². The van der Waals surface area contributed by atoms with Crippen molar-refractivity contribution < 1.29 is 0 Å². The minimum atomic E-state index is 0.241. The monoisotopic (exact) mass is 258 g/mol. The summed E-state index contributed by atoms with van der Waals surface area (Å²) in [5, 5.41) is 7.70. The molecule has 0 bridgehead atoms. The lowest BCUT2D eigenvalue weighted by Gasteiger charge is -2.17. The Labute approximate surface area is 114 Å². The van der Waals surface area contributed by atoms with Crippen molar-refractivity contribution in [3.05, 3.63) is 47.5 Å². The van der Waals surface area contributed by atoms with Crippen LogP contribution >= 0.6 is 0 Å². The number of nitrogens with zero attached hydrogens (tertiary/aromatic N) is 3. The zero-order valence-electron chi connectivity index (χ0n) is 11.9. The van der Waals surface area contributed by atoms with Gasteiger partial charge in [0.05, 0.1) is 17.9 Å². The second-order valence-corrected chi connectivity index (χ2v) is 4.65. The van der Waals surface area contributed by atoms with Gasteiger partial charge in [-0.05, 0) is 44.0 Å². The van der Waals surface area contributed by atoms with Crippen LogP contribution in [0.15, 0.2) is 30.7 Å². The molecule has 2 heterocycles. The van der Waals surface area contributed by atoms with Crippen LogP contribution in [0, 0.1) is 0 Å². The first kappa shape index (κ1) is 13.7. The van der Waals surface area contributed by atoms with Gasteiger partial charge in [-0.2, -0.15) is 5.10 Å². The first-order valence-electron chi connectivity index (χ1n) is 6.90. The topological polar surface area (TPSA) is 42.7 Å². The van der Waals surface area contributed by atoms with E-state index in [-0.39, 0.29) is 6.04 Å². The molecule has 0 saturated heterocycles. The molecule has 0 spiro atoms. The predicted octanol–water partition coefficient (Wildman–Crippen LogP) is 2.36.